The number of rotatable bonds is 6. The Morgan fingerprint density at radius 3 is 2.23 bits per heavy atom. The first-order chi connectivity index (χ1) is 10.3. The Bertz CT molecular complexity index is 408. The van der Waals surface area contributed by atoms with E-state index in [0.717, 1.165) is 0 Å². The zero-order valence-electron chi connectivity index (χ0n) is 13.4. The van der Waals surface area contributed by atoms with Gasteiger partial charge in [-0.05, 0) is 19.3 Å². The summed E-state index contributed by atoms with van der Waals surface area (Å²) >= 11 is 0. The highest BCUT2D eigenvalue weighted by Crippen LogP contribution is 2.07. The fourth-order valence-corrected chi connectivity index (χ4v) is 2.09. The van der Waals surface area contributed by atoms with Gasteiger partial charge in [0.05, 0.1) is 13.2 Å². The summed E-state index contributed by atoms with van der Waals surface area (Å²) in [7, 11) is 0. The highest BCUT2D eigenvalue weighted by molar-refractivity contribution is 5.91. The second kappa shape index (κ2) is 8.57. The van der Waals surface area contributed by atoms with E-state index >= 15 is 0 Å². The first-order valence-corrected chi connectivity index (χ1v) is 7.54. The molecule has 0 bridgehead atoms. The zero-order valence-corrected chi connectivity index (χ0v) is 13.4. The van der Waals surface area contributed by atoms with Crippen LogP contribution in [0.1, 0.15) is 27.2 Å². The van der Waals surface area contributed by atoms with Gasteiger partial charge in [-0.1, -0.05) is 13.8 Å². The number of carbonyl (C=O) groups is 3. The van der Waals surface area contributed by atoms with Crippen LogP contribution in [0.2, 0.25) is 0 Å². The maximum Gasteiger partial charge on any atom is 0.318 e. The molecule has 1 heterocycles. The molecule has 0 aromatic heterocycles. The Kier molecular flexibility index (Phi) is 7.10. The molecule has 0 aromatic carbocycles. The van der Waals surface area contributed by atoms with Crippen LogP contribution in [0.3, 0.4) is 0 Å². The number of morpholine rings is 1. The lowest BCUT2D eigenvalue weighted by Gasteiger charge is -2.29. The molecule has 126 valence electrons. The van der Waals surface area contributed by atoms with Crippen LogP contribution >= 0.6 is 0 Å². The van der Waals surface area contributed by atoms with Crippen molar-refractivity contribution in [3.63, 3.8) is 0 Å². The van der Waals surface area contributed by atoms with Crippen LogP contribution in [0.25, 0.3) is 0 Å². The Balaban J connectivity index is 2.64. The summed E-state index contributed by atoms with van der Waals surface area (Å²) in [6.07, 6.45) is 0.480. The van der Waals surface area contributed by atoms with E-state index in [1.54, 1.807) is 4.90 Å². The van der Waals surface area contributed by atoms with Gasteiger partial charge in [-0.2, -0.15) is 0 Å². The van der Waals surface area contributed by atoms with Gasteiger partial charge in [-0.25, -0.2) is 4.79 Å². The van der Waals surface area contributed by atoms with Gasteiger partial charge in [0.15, 0.2) is 0 Å². The van der Waals surface area contributed by atoms with Crippen molar-refractivity contribution >= 4 is 17.8 Å². The topological polar surface area (TPSA) is 114 Å². The Labute approximate surface area is 130 Å². The zero-order chi connectivity index (χ0) is 16.7. The van der Waals surface area contributed by atoms with Gasteiger partial charge >= 0.3 is 6.03 Å². The Morgan fingerprint density at radius 1 is 1.14 bits per heavy atom. The van der Waals surface area contributed by atoms with Crippen molar-refractivity contribution in [2.75, 3.05) is 26.3 Å². The normalized spacial score (nSPS) is 17.7. The number of hydrogen-bond donors (Lipinski definition) is 3. The van der Waals surface area contributed by atoms with Crippen molar-refractivity contribution in [1.29, 1.82) is 0 Å². The molecule has 8 nitrogen and oxygen atoms in total. The van der Waals surface area contributed by atoms with Crippen molar-refractivity contribution in [3.8, 4) is 0 Å². The summed E-state index contributed by atoms with van der Waals surface area (Å²) in [6, 6.07) is -1.77. The molecule has 0 unspecified atom stereocenters. The third kappa shape index (κ3) is 5.88. The Morgan fingerprint density at radius 2 is 1.73 bits per heavy atom. The molecular formula is C14H26N4O4. The predicted octanol–water partition coefficient (Wildman–Crippen LogP) is -0.567. The molecule has 22 heavy (non-hydrogen) atoms. The van der Waals surface area contributed by atoms with Gasteiger partial charge in [0.25, 0.3) is 0 Å². The molecule has 1 aliphatic rings. The molecule has 1 saturated heterocycles. The number of ether oxygens (including phenoxy) is 1. The average Bonchev–Trinajstić information content (AvgIpc) is 2.46. The van der Waals surface area contributed by atoms with E-state index in [1.165, 1.54) is 6.92 Å². The van der Waals surface area contributed by atoms with Crippen LogP contribution in [0.15, 0.2) is 0 Å². The molecule has 8 heteroatoms. The fourth-order valence-electron chi connectivity index (χ4n) is 2.09. The lowest BCUT2D eigenvalue weighted by molar-refractivity contribution is -0.128. The number of nitrogens with zero attached hydrogens (tertiary/aromatic N) is 1. The maximum absolute atomic E-state index is 12.2. The van der Waals surface area contributed by atoms with Gasteiger partial charge < -0.3 is 26.0 Å². The van der Waals surface area contributed by atoms with Gasteiger partial charge in [-0.15, -0.1) is 0 Å². The van der Waals surface area contributed by atoms with E-state index in [2.05, 4.69) is 10.6 Å². The molecule has 1 aliphatic heterocycles. The third-order valence-corrected chi connectivity index (χ3v) is 3.41. The average molecular weight is 314 g/mol. The van der Waals surface area contributed by atoms with Crippen molar-refractivity contribution in [2.24, 2.45) is 11.7 Å². The summed E-state index contributed by atoms with van der Waals surface area (Å²) in [4.78, 5) is 37.1. The quantitative estimate of drug-likeness (QED) is 0.609. The standard InChI is InChI=1S/C14H26N4O4/c1-9(2)8-11(13(20)16-10(3)12(15)19)17-14(21)18-4-6-22-7-5-18/h9-11H,4-8H2,1-3H3,(H2,15,19)(H,16,20)(H,17,21)/t10-,11-/m0/s1. The van der Waals surface area contributed by atoms with Crippen LogP contribution in [-0.4, -0.2) is 61.1 Å². The van der Waals surface area contributed by atoms with Gasteiger partial charge in [0.1, 0.15) is 12.1 Å². The summed E-state index contributed by atoms with van der Waals surface area (Å²) in [5, 5.41) is 5.25. The largest absolute Gasteiger partial charge is 0.378 e. The molecule has 1 rings (SSSR count). The SMILES string of the molecule is CC(C)C[C@H](NC(=O)N1CCOCC1)C(=O)N[C@@H](C)C(N)=O. The van der Waals surface area contributed by atoms with Crippen molar-refractivity contribution < 1.29 is 19.1 Å². The van der Waals surface area contributed by atoms with Crippen molar-refractivity contribution in [2.45, 2.75) is 39.3 Å². The van der Waals surface area contributed by atoms with Crippen molar-refractivity contribution in [3.05, 3.63) is 0 Å². The molecule has 0 saturated carbocycles. The summed E-state index contributed by atoms with van der Waals surface area (Å²) in [5.74, 6) is -0.803. The molecular weight excluding hydrogens is 288 g/mol. The van der Waals surface area contributed by atoms with E-state index in [4.69, 9.17) is 10.5 Å². The molecule has 2 atom stereocenters. The monoisotopic (exact) mass is 314 g/mol. The second-order valence-electron chi connectivity index (χ2n) is 5.86. The highest BCUT2D eigenvalue weighted by atomic mass is 16.5. The minimum atomic E-state index is -0.776. The van der Waals surface area contributed by atoms with Crippen molar-refractivity contribution in [1.82, 2.24) is 15.5 Å². The first kappa shape index (κ1) is 18.2. The molecule has 0 aliphatic carbocycles. The molecule has 4 N–H and O–H groups in total. The van der Waals surface area contributed by atoms with Gasteiger partial charge in [0.2, 0.25) is 11.8 Å². The molecule has 0 radical (unpaired) electrons. The number of nitrogens with two attached hydrogens (primary N) is 1. The summed E-state index contributed by atoms with van der Waals surface area (Å²) in [6.45, 7) is 7.41. The number of urea groups is 1. The molecule has 4 amide bonds. The second-order valence-corrected chi connectivity index (χ2v) is 5.86. The van der Waals surface area contributed by atoms with Gasteiger partial charge in [0, 0.05) is 13.1 Å². The molecule has 0 spiro atoms. The lowest BCUT2D eigenvalue weighted by atomic mass is 10.0. The van der Waals surface area contributed by atoms with Crippen LogP contribution in [-0.2, 0) is 14.3 Å². The number of primary amides is 1. The molecule has 0 aromatic rings. The number of nitrogens with one attached hydrogen (secondary N) is 2. The summed E-state index contributed by atoms with van der Waals surface area (Å²) in [5.41, 5.74) is 5.14. The third-order valence-electron chi connectivity index (χ3n) is 3.41. The summed E-state index contributed by atoms with van der Waals surface area (Å²) < 4.78 is 5.19. The smallest absolute Gasteiger partial charge is 0.318 e. The minimum absolute atomic E-state index is 0.213. The predicted molar refractivity (Wildman–Crippen MR) is 81.0 cm³/mol. The van der Waals surface area contributed by atoms with Crippen LogP contribution in [0.4, 0.5) is 4.79 Å². The van der Waals surface area contributed by atoms with E-state index in [9.17, 15) is 14.4 Å². The van der Waals surface area contributed by atoms with Gasteiger partial charge in [-0.3, -0.25) is 9.59 Å². The van der Waals surface area contributed by atoms with Crippen LogP contribution in [0, 0.1) is 5.92 Å². The Hall–Kier alpha value is -1.83. The lowest BCUT2D eigenvalue weighted by Crippen LogP contribution is -2.56. The maximum atomic E-state index is 12.2. The van der Waals surface area contributed by atoms with E-state index in [1.807, 2.05) is 13.8 Å². The number of amides is 4. The van der Waals surface area contributed by atoms with E-state index < -0.39 is 23.9 Å². The van der Waals surface area contributed by atoms with E-state index in [0.29, 0.717) is 32.7 Å². The first-order valence-electron chi connectivity index (χ1n) is 7.54. The highest BCUT2D eigenvalue weighted by Gasteiger charge is 2.27. The fraction of sp³-hybridized carbons (Fsp3) is 0.786. The van der Waals surface area contributed by atoms with E-state index in [-0.39, 0.29) is 11.9 Å². The number of hydrogen-bond acceptors (Lipinski definition) is 4. The molecule has 1 fully saturated rings. The minimum Gasteiger partial charge on any atom is -0.378 e. The number of carbonyl (C=O) groups excluding carboxylic acids is 3. The van der Waals surface area contributed by atoms with Crippen LogP contribution in [0.5, 0.6) is 0 Å². The van der Waals surface area contributed by atoms with Crippen LogP contribution < -0.4 is 16.4 Å².